The van der Waals surface area contributed by atoms with Gasteiger partial charge >= 0.3 is 0 Å². The summed E-state index contributed by atoms with van der Waals surface area (Å²) in [6, 6.07) is 4.04. The maximum atomic E-state index is 4.51. The standard InChI is InChI=1S/C13H18N6/c1-18-11(10-16-17-18)9-15-12-5-4-6-14-13(12)19-7-2-3-8-19/h4-6,10,15H,2-3,7-9H2,1H3. The molecule has 0 saturated carbocycles. The molecule has 0 spiro atoms. The second kappa shape index (κ2) is 5.26. The predicted molar refractivity (Wildman–Crippen MR) is 74.0 cm³/mol. The zero-order chi connectivity index (χ0) is 13.1. The van der Waals surface area contributed by atoms with E-state index in [0.29, 0.717) is 6.54 Å². The van der Waals surface area contributed by atoms with Crippen LogP contribution in [0.15, 0.2) is 24.5 Å². The molecule has 1 aliphatic rings. The van der Waals surface area contributed by atoms with E-state index in [1.807, 2.05) is 19.3 Å². The molecular weight excluding hydrogens is 240 g/mol. The molecule has 0 aliphatic carbocycles. The molecule has 0 aromatic carbocycles. The van der Waals surface area contributed by atoms with Crippen molar-refractivity contribution < 1.29 is 0 Å². The first-order valence-electron chi connectivity index (χ1n) is 6.62. The smallest absolute Gasteiger partial charge is 0.151 e. The molecule has 3 heterocycles. The molecule has 1 N–H and O–H groups in total. The van der Waals surface area contributed by atoms with Crippen molar-refractivity contribution in [2.45, 2.75) is 19.4 Å². The van der Waals surface area contributed by atoms with Crippen LogP contribution in [0.5, 0.6) is 0 Å². The largest absolute Gasteiger partial charge is 0.376 e. The van der Waals surface area contributed by atoms with Gasteiger partial charge in [-0.1, -0.05) is 5.21 Å². The third-order valence-corrected chi connectivity index (χ3v) is 3.46. The third-order valence-electron chi connectivity index (χ3n) is 3.46. The predicted octanol–water partition coefficient (Wildman–Crippen LogP) is 1.42. The minimum Gasteiger partial charge on any atom is -0.376 e. The Kier molecular flexibility index (Phi) is 3.31. The van der Waals surface area contributed by atoms with E-state index in [1.165, 1.54) is 12.8 Å². The Bertz CT molecular complexity index is 544. The highest BCUT2D eigenvalue weighted by atomic mass is 15.4. The lowest BCUT2D eigenvalue weighted by Gasteiger charge is -2.20. The van der Waals surface area contributed by atoms with Gasteiger partial charge in [-0.25, -0.2) is 4.98 Å². The van der Waals surface area contributed by atoms with Gasteiger partial charge in [0.2, 0.25) is 0 Å². The van der Waals surface area contributed by atoms with Crippen molar-refractivity contribution in [1.82, 2.24) is 20.0 Å². The number of nitrogens with one attached hydrogen (secondary N) is 1. The van der Waals surface area contributed by atoms with Gasteiger partial charge in [0.05, 0.1) is 24.1 Å². The van der Waals surface area contributed by atoms with Crippen molar-refractivity contribution in [2.75, 3.05) is 23.3 Å². The summed E-state index contributed by atoms with van der Waals surface area (Å²) in [7, 11) is 1.90. The number of anilines is 2. The van der Waals surface area contributed by atoms with Crippen LogP contribution in [-0.4, -0.2) is 33.1 Å². The van der Waals surface area contributed by atoms with E-state index in [9.17, 15) is 0 Å². The third kappa shape index (κ3) is 2.52. The van der Waals surface area contributed by atoms with Gasteiger partial charge in [-0.3, -0.25) is 4.68 Å². The molecule has 100 valence electrons. The molecule has 1 fully saturated rings. The monoisotopic (exact) mass is 258 g/mol. The lowest BCUT2D eigenvalue weighted by Crippen LogP contribution is -2.20. The summed E-state index contributed by atoms with van der Waals surface area (Å²) in [6.07, 6.45) is 6.13. The molecule has 1 saturated heterocycles. The number of hydrogen-bond donors (Lipinski definition) is 1. The van der Waals surface area contributed by atoms with Crippen molar-refractivity contribution in [3.8, 4) is 0 Å². The van der Waals surface area contributed by atoms with Gasteiger partial charge < -0.3 is 10.2 Å². The molecule has 6 heteroatoms. The zero-order valence-corrected chi connectivity index (χ0v) is 11.1. The fourth-order valence-corrected chi connectivity index (χ4v) is 2.37. The topological polar surface area (TPSA) is 58.9 Å². The van der Waals surface area contributed by atoms with Gasteiger partial charge in [0.1, 0.15) is 0 Å². The van der Waals surface area contributed by atoms with E-state index < -0.39 is 0 Å². The summed E-state index contributed by atoms with van der Waals surface area (Å²) in [4.78, 5) is 6.85. The SMILES string of the molecule is Cn1nncc1CNc1cccnc1N1CCCC1. The van der Waals surface area contributed by atoms with Crippen molar-refractivity contribution in [2.24, 2.45) is 7.05 Å². The Hall–Kier alpha value is -2.11. The number of aromatic nitrogens is 4. The number of hydrogen-bond acceptors (Lipinski definition) is 5. The normalized spacial score (nSPS) is 14.9. The van der Waals surface area contributed by atoms with Crippen molar-refractivity contribution >= 4 is 11.5 Å². The molecule has 0 unspecified atom stereocenters. The average Bonchev–Trinajstić information content (AvgIpc) is 3.08. The Balaban J connectivity index is 1.75. The number of rotatable bonds is 4. The summed E-state index contributed by atoms with van der Waals surface area (Å²) in [5.41, 5.74) is 2.13. The lowest BCUT2D eigenvalue weighted by molar-refractivity contribution is 0.683. The van der Waals surface area contributed by atoms with Crippen LogP contribution in [0.25, 0.3) is 0 Å². The van der Waals surface area contributed by atoms with Crippen LogP contribution in [0.4, 0.5) is 11.5 Å². The molecule has 2 aromatic heterocycles. The maximum absolute atomic E-state index is 4.51. The lowest BCUT2D eigenvalue weighted by atomic mass is 10.3. The molecule has 0 bridgehead atoms. The summed E-state index contributed by atoms with van der Waals surface area (Å²) in [6.45, 7) is 2.90. The molecule has 2 aromatic rings. The Morgan fingerprint density at radius 2 is 2.16 bits per heavy atom. The van der Waals surface area contributed by atoms with E-state index >= 15 is 0 Å². The summed E-state index contributed by atoms with van der Waals surface area (Å²) in [5.74, 6) is 1.05. The second-order valence-corrected chi connectivity index (χ2v) is 4.77. The Morgan fingerprint density at radius 3 is 2.89 bits per heavy atom. The van der Waals surface area contributed by atoms with Crippen LogP contribution in [0, 0.1) is 0 Å². The quantitative estimate of drug-likeness (QED) is 0.899. The van der Waals surface area contributed by atoms with Crippen LogP contribution in [0.1, 0.15) is 18.5 Å². The molecule has 0 atom stereocenters. The first kappa shape index (κ1) is 12.0. The summed E-state index contributed by atoms with van der Waals surface area (Å²) in [5, 5.41) is 11.2. The van der Waals surface area contributed by atoms with Gasteiger partial charge in [-0.05, 0) is 25.0 Å². The molecule has 19 heavy (non-hydrogen) atoms. The highest BCUT2D eigenvalue weighted by molar-refractivity contribution is 5.65. The number of pyridine rings is 1. The molecule has 0 amide bonds. The van der Waals surface area contributed by atoms with Crippen molar-refractivity contribution in [3.05, 3.63) is 30.2 Å². The highest BCUT2D eigenvalue weighted by Crippen LogP contribution is 2.26. The van der Waals surface area contributed by atoms with Crippen LogP contribution in [0.2, 0.25) is 0 Å². The summed E-state index contributed by atoms with van der Waals surface area (Å²) < 4.78 is 1.78. The van der Waals surface area contributed by atoms with E-state index in [2.05, 4.69) is 31.6 Å². The van der Waals surface area contributed by atoms with Crippen LogP contribution >= 0.6 is 0 Å². The molecule has 0 radical (unpaired) electrons. The summed E-state index contributed by atoms with van der Waals surface area (Å²) >= 11 is 0. The van der Waals surface area contributed by atoms with Gasteiger partial charge in [0, 0.05) is 26.3 Å². The second-order valence-electron chi connectivity index (χ2n) is 4.77. The Labute approximate surface area is 112 Å². The van der Waals surface area contributed by atoms with Gasteiger partial charge in [0.15, 0.2) is 5.82 Å². The van der Waals surface area contributed by atoms with E-state index in [1.54, 1.807) is 10.9 Å². The average molecular weight is 258 g/mol. The van der Waals surface area contributed by atoms with Crippen LogP contribution < -0.4 is 10.2 Å². The molecule has 3 rings (SSSR count). The van der Waals surface area contributed by atoms with Crippen molar-refractivity contribution in [3.63, 3.8) is 0 Å². The first-order chi connectivity index (χ1) is 9.34. The van der Waals surface area contributed by atoms with Gasteiger partial charge in [-0.2, -0.15) is 0 Å². The maximum Gasteiger partial charge on any atom is 0.151 e. The number of aryl methyl sites for hydroxylation is 1. The van der Waals surface area contributed by atoms with E-state index in [4.69, 9.17) is 0 Å². The van der Waals surface area contributed by atoms with Crippen molar-refractivity contribution in [1.29, 1.82) is 0 Å². The van der Waals surface area contributed by atoms with Crippen LogP contribution in [0.3, 0.4) is 0 Å². The van der Waals surface area contributed by atoms with E-state index in [-0.39, 0.29) is 0 Å². The van der Waals surface area contributed by atoms with Crippen LogP contribution in [-0.2, 0) is 13.6 Å². The molecule has 6 nitrogen and oxygen atoms in total. The van der Waals surface area contributed by atoms with Gasteiger partial charge in [-0.15, -0.1) is 5.10 Å². The minimum absolute atomic E-state index is 0.704. The fraction of sp³-hybridized carbons (Fsp3) is 0.462. The fourth-order valence-electron chi connectivity index (χ4n) is 2.37. The number of nitrogens with zero attached hydrogens (tertiary/aromatic N) is 5. The minimum atomic E-state index is 0.704. The highest BCUT2D eigenvalue weighted by Gasteiger charge is 2.16. The van der Waals surface area contributed by atoms with E-state index in [0.717, 1.165) is 30.3 Å². The zero-order valence-electron chi connectivity index (χ0n) is 11.1. The molecular formula is C13H18N6. The molecule has 1 aliphatic heterocycles. The van der Waals surface area contributed by atoms with Gasteiger partial charge in [0.25, 0.3) is 0 Å². The first-order valence-corrected chi connectivity index (χ1v) is 6.62. The Morgan fingerprint density at radius 1 is 1.32 bits per heavy atom.